The van der Waals surface area contributed by atoms with Gasteiger partial charge < -0.3 is 4.90 Å². The number of carbonyl (C=O) groups excluding carboxylic acids is 1. The minimum atomic E-state index is -0.0438. The molecule has 0 bridgehead atoms. The zero-order chi connectivity index (χ0) is 13.4. The second-order valence-corrected chi connectivity index (χ2v) is 4.62. The van der Waals surface area contributed by atoms with E-state index in [0.29, 0.717) is 13.1 Å². The molecule has 2 nitrogen and oxygen atoms in total. The number of amides is 1. The molecule has 0 unspecified atom stereocenters. The van der Waals surface area contributed by atoms with Gasteiger partial charge in [-0.15, -0.1) is 13.2 Å². The summed E-state index contributed by atoms with van der Waals surface area (Å²) in [5, 5.41) is 0. The Bertz CT molecular complexity index is 438. The summed E-state index contributed by atoms with van der Waals surface area (Å²) < 4.78 is 1.02. The number of nitrogens with zero attached hydrogens (tertiary/aromatic N) is 1. The summed E-state index contributed by atoms with van der Waals surface area (Å²) in [4.78, 5) is 13.6. The van der Waals surface area contributed by atoms with E-state index in [9.17, 15) is 4.79 Å². The van der Waals surface area contributed by atoms with E-state index in [2.05, 4.69) is 29.1 Å². The zero-order valence-corrected chi connectivity index (χ0v) is 11.8. The molecule has 1 aromatic rings. The summed E-state index contributed by atoms with van der Waals surface area (Å²) >= 11 is 3.37. The first-order valence-corrected chi connectivity index (χ1v) is 6.41. The molecule has 0 aromatic heterocycles. The third kappa shape index (κ3) is 4.72. The third-order valence-electron chi connectivity index (χ3n) is 2.30. The second-order valence-electron chi connectivity index (χ2n) is 3.71. The molecule has 0 saturated heterocycles. The predicted molar refractivity (Wildman–Crippen MR) is 80.2 cm³/mol. The fourth-order valence-corrected chi connectivity index (χ4v) is 1.68. The van der Waals surface area contributed by atoms with E-state index in [1.54, 1.807) is 29.2 Å². The fraction of sp³-hybridized carbons (Fsp3) is 0.133. The average molecular weight is 306 g/mol. The Morgan fingerprint density at radius 3 is 2.22 bits per heavy atom. The molecular weight excluding hydrogens is 290 g/mol. The summed E-state index contributed by atoms with van der Waals surface area (Å²) in [6.45, 7) is 8.32. The highest BCUT2D eigenvalue weighted by molar-refractivity contribution is 9.10. The van der Waals surface area contributed by atoms with Crippen LogP contribution in [0.2, 0.25) is 0 Å². The Labute approximate surface area is 116 Å². The minimum Gasteiger partial charge on any atom is -0.332 e. The van der Waals surface area contributed by atoms with E-state index in [-0.39, 0.29) is 5.91 Å². The predicted octanol–water partition coefficient (Wildman–Crippen LogP) is 3.66. The van der Waals surface area contributed by atoms with Crippen molar-refractivity contribution in [1.82, 2.24) is 4.90 Å². The van der Waals surface area contributed by atoms with Crippen molar-refractivity contribution >= 4 is 27.9 Å². The molecule has 18 heavy (non-hydrogen) atoms. The van der Waals surface area contributed by atoms with Crippen LogP contribution in [-0.2, 0) is 4.79 Å². The van der Waals surface area contributed by atoms with Crippen LogP contribution in [-0.4, -0.2) is 23.9 Å². The zero-order valence-electron chi connectivity index (χ0n) is 10.2. The number of hydrogen-bond donors (Lipinski definition) is 0. The van der Waals surface area contributed by atoms with Crippen LogP contribution in [0.15, 0.2) is 60.1 Å². The first-order valence-electron chi connectivity index (χ1n) is 5.61. The van der Waals surface area contributed by atoms with Crippen molar-refractivity contribution in [3.63, 3.8) is 0 Å². The van der Waals surface area contributed by atoms with Gasteiger partial charge in [-0.25, -0.2) is 0 Å². The van der Waals surface area contributed by atoms with E-state index in [4.69, 9.17) is 0 Å². The Morgan fingerprint density at radius 1 is 1.17 bits per heavy atom. The SMILES string of the molecule is C=CCN(CC=C)C(=O)/C=C/c1ccc(Br)cc1. The molecule has 0 aliphatic carbocycles. The largest absolute Gasteiger partial charge is 0.332 e. The highest BCUT2D eigenvalue weighted by Gasteiger charge is 2.05. The van der Waals surface area contributed by atoms with Crippen LogP contribution in [0.1, 0.15) is 5.56 Å². The van der Waals surface area contributed by atoms with Crippen LogP contribution in [0, 0.1) is 0 Å². The van der Waals surface area contributed by atoms with Gasteiger partial charge in [0.25, 0.3) is 0 Å². The van der Waals surface area contributed by atoms with Crippen LogP contribution in [0.3, 0.4) is 0 Å². The first-order chi connectivity index (χ1) is 8.67. The van der Waals surface area contributed by atoms with E-state index in [1.165, 1.54) is 0 Å². The van der Waals surface area contributed by atoms with Gasteiger partial charge in [0.2, 0.25) is 5.91 Å². The van der Waals surface area contributed by atoms with Crippen LogP contribution < -0.4 is 0 Å². The fourth-order valence-electron chi connectivity index (χ4n) is 1.41. The summed E-state index contributed by atoms with van der Waals surface area (Å²) in [6, 6.07) is 7.77. The van der Waals surface area contributed by atoms with Crippen molar-refractivity contribution in [3.05, 3.63) is 65.7 Å². The van der Waals surface area contributed by atoms with E-state index in [0.717, 1.165) is 10.0 Å². The third-order valence-corrected chi connectivity index (χ3v) is 2.83. The topological polar surface area (TPSA) is 20.3 Å². The van der Waals surface area contributed by atoms with Gasteiger partial charge in [-0.1, -0.05) is 40.2 Å². The number of carbonyl (C=O) groups is 1. The summed E-state index contributed by atoms with van der Waals surface area (Å²) in [5.41, 5.74) is 0.990. The maximum Gasteiger partial charge on any atom is 0.247 e. The second kappa shape index (κ2) is 7.67. The number of benzene rings is 1. The maximum absolute atomic E-state index is 11.9. The van der Waals surface area contributed by atoms with Crippen molar-refractivity contribution in [3.8, 4) is 0 Å². The molecule has 3 heteroatoms. The highest BCUT2D eigenvalue weighted by atomic mass is 79.9. The minimum absolute atomic E-state index is 0.0438. The van der Waals surface area contributed by atoms with Crippen molar-refractivity contribution in [2.45, 2.75) is 0 Å². The quantitative estimate of drug-likeness (QED) is 0.580. The Hall–Kier alpha value is -1.61. The lowest BCUT2D eigenvalue weighted by molar-refractivity contribution is -0.124. The molecule has 0 atom stereocenters. The summed E-state index contributed by atoms with van der Waals surface area (Å²) in [7, 11) is 0. The molecule has 1 amide bonds. The van der Waals surface area contributed by atoms with E-state index in [1.807, 2.05) is 24.3 Å². The van der Waals surface area contributed by atoms with Crippen LogP contribution >= 0.6 is 15.9 Å². The van der Waals surface area contributed by atoms with Gasteiger partial charge in [0.1, 0.15) is 0 Å². The molecule has 1 rings (SSSR count). The molecule has 0 fully saturated rings. The van der Waals surface area contributed by atoms with Crippen molar-refractivity contribution in [2.75, 3.05) is 13.1 Å². The number of rotatable bonds is 6. The standard InChI is InChI=1S/C15H16BrNO/c1-3-11-17(12-4-2)15(18)10-7-13-5-8-14(16)9-6-13/h3-10H,1-2,11-12H2/b10-7+. The molecule has 0 radical (unpaired) electrons. The van der Waals surface area contributed by atoms with E-state index >= 15 is 0 Å². The lowest BCUT2D eigenvalue weighted by Crippen LogP contribution is -2.29. The average Bonchev–Trinajstić information content (AvgIpc) is 2.37. The van der Waals surface area contributed by atoms with Gasteiger partial charge in [0.05, 0.1) is 0 Å². The van der Waals surface area contributed by atoms with Gasteiger partial charge >= 0.3 is 0 Å². The van der Waals surface area contributed by atoms with Crippen molar-refractivity contribution in [1.29, 1.82) is 0 Å². The molecule has 1 aromatic carbocycles. The Morgan fingerprint density at radius 2 is 1.72 bits per heavy atom. The smallest absolute Gasteiger partial charge is 0.247 e. The highest BCUT2D eigenvalue weighted by Crippen LogP contribution is 2.11. The maximum atomic E-state index is 11.9. The van der Waals surface area contributed by atoms with Gasteiger partial charge in [0.15, 0.2) is 0 Å². The number of halogens is 1. The van der Waals surface area contributed by atoms with Gasteiger partial charge in [-0.2, -0.15) is 0 Å². The van der Waals surface area contributed by atoms with Gasteiger partial charge in [0, 0.05) is 23.6 Å². The molecular formula is C15H16BrNO. The van der Waals surface area contributed by atoms with Gasteiger partial charge in [-0.05, 0) is 23.8 Å². The summed E-state index contributed by atoms with van der Waals surface area (Å²) in [6.07, 6.45) is 6.77. The summed E-state index contributed by atoms with van der Waals surface area (Å²) in [5.74, 6) is -0.0438. The molecule has 0 saturated carbocycles. The Kier molecular flexibility index (Phi) is 6.15. The molecule has 94 valence electrons. The molecule has 0 heterocycles. The normalized spacial score (nSPS) is 10.3. The lowest BCUT2D eigenvalue weighted by Gasteiger charge is -2.16. The molecule has 0 spiro atoms. The monoisotopic (exact) mass is 305 g/mol. The van der Waals surface area contributed by atoms with Gasteiger partial charge in [-0.3, -0.25) is 4.79 Å². The Balaban J connectivity index is 2.69. The lowest BCUT2D eigenvalue weighted by atomic mass is 10.2. The first kappa shape index (κ1) is 14.5. The van der Waals surface area contributed by atoms with Crippen LogP contribution in [0.25, 0.3) is 6.08 Å². The van der Waals surface area contributed by atoms with Crippen LogP contribution in [0.4, 0.5) is 0 Å². The molecule has 0 aliphatic heterocycles. The van der Waals surface area contributed by atoms with E-state index < -0.39 is 0 Å². The number of hydrogen-bond acceptors (Lipinski definition) is 1. The van der Waals surface area contributed by atoms with Crippen molar-refractivity contribution in [2.24, 2.45) is 0 Å². The molecule has 0 N–H and O–H groups in total. The van der Waals surface area contributed by atoms with Crippen molar-refractivity contribution < 1.29 is 4.79 Å². The van der Waals surface area contributed by atoms with Crippen LogP contribution in [0.5, 0.6) is 0 Å². The molecule has 0 aliphatic rings.